The van der Waals surface area contributed by atoms with Crippen LogP contribution >= 0.6 is 27.5 Å². The third kappa shape index (κ3) is 3.91. The fraction of sp³-hybridized carbons (Fsp3) is 0.286. The summed E-state index contributed by atoms with van der Waals surface area (Å²) in [7, 11) is 0. The standard InChI is InChI=1S/C14H15BrClN3/c1-3-13-18-12(15)8-14(19-13)17-9(2)10-4-6-11(16)7-5-10/h4-9H,3H2,1-2H3,(H,17,18,19). The Morgan fingerprint density at radius 1 is 1.26 bits per heavy atom. The van der Waals surface area contributed by atoms with E-state index in [1.807, 2.05) is 37.3 Å². The monoisotopic (exact) mass is 339 g/mol. The minimum absolute atomic E-state index is 0.156. The van der Waals surface area contributed by atoms with Gasteiger partial charge in [-0.3, -0.25) is 0 Å². The quantitative estimate of drug-likeness (QED) is 0.825. The summed E-state index contributed by atoms with van der Waals surface area (Å²) in [6.07, 6.45) is 0.809. The maximum Gasteiger partial charge on any atom is 0.131 e. The van der Waals surface area contributed by atoms with Crippen LogP contribution in [0.3, 0.4) is 0 Å². The number of hydrogen-bond donors (Lipinski definition) is 1. The second-order valence-corrected chi connectivity index (χ2v) is 5.51. The van der Waals surface area contributed by atoms with Crippen LogP contribution < -0.4 is 5.32 Å². The Morgan fingerprint density at radius 2 is 1.95 bits per heavy atom. The maximum absolute atomic E-state index is 5.89. The Morgan fingerprint density at radius 3 is 2.58 bits per heavy atom. The molecule has 1 aromatic carbocycles. The molecular weight excluding hydrogens is 326 g/mol. The first-order valence-corrected chi connectivity index (χ1v) is 7.31. The highest BCUT2D eigenvalue weighted by Crippen LogP contribution is 2.21. The van der Waals surface area contributed by atoms with Gasteiger partial charge in [0.05, 0.1) is 0 Å². The number of halogens is 2. The van der Waals surface area contributed by atoms with E-state index in [2.05, 4.69) is 38.1 Å². The maximum atomic E-state index is 5.89. The van der Waals surface area contributed by atoms with Gasteiger partial charge in [-0.05, 0) is 40.5 Å². The molecule has 2 rings (SSSR count). The van der Waals surface area contributed by atoms with E-state index in [1.165, 1.54) is 0 Å². The molecule has 0 aliphatic rings. The van der Waals surface area contributed by atoms with Crippen molar-refractivity contribution in [2.45, 2.75) is 26.3 Å². The van der Waals surface area contributed by atoms with Crippen LogP contribution in [-0.4, -0.2) is 9.97 Å². The summed E-state index contributed by atoms with van der Waals surface area (Å²) >= 11 is 9.29. The van der Waals surface area contributed by atoms with Gasteiger partial charge in [-0.2, -0.15) is 0 Å². The highest BCUT2D eigenvalue weighted by Gasteiger charge is 2.08. The largest absolute Gasteiger partial charge is 0.363 e. The molecule has 0 spiro atoms. The van der Waals surface area contributed by atoms with Crippen LogP contribution in [0.4, 0.5) is 5.82 Å². The third-order valence-corrected chi connectivity index (χ3v) is 3.45. The highest BCUT2D eigenvalue weighted by molar-refractivity contribution is 9.10. The highest BCUT2D eigenvalue weighted by atomic mass is 79.9. The fourth-order valence-electron chi connectivity index (χ4n) is 1.75. The minimum Gasteiger partial charge on any atom is -0.363 e. The molecule has 100 valence electrons. The molecule has 1 atom stereocenters. The summed E-state index contributed by atoms with van der Waals surface area (Å²) in [5.41, 5.74) is 1.16. The van der Waals surface area contributed by atoms with Gasteiger partial charge in [-0.1, -0.05) is 30.7 Å². The van der Waals surface area contributed by atoms with Gasteiger partial charge in [0, 0.05) is 23.6 Å². The average Bonchev–Trinajstić information content (AvgIpc) is 2.38. The molecule has 19 heavy (non-hydrogen) atoms. The molecule has 0 radical (unpaired) electrons. The lowest BCUT2D eigenvalue weighted by Gasteiger charge is -2.15. The smallest absolute Gasteiger partial charge is 0.131 e. The molecule has 0 fully saturated rings. The molecule has 1 aromatic heterocycles. The topological polar surface area (TPSA) is 37.8 Å². The first-order chi connectivity index (χ1) is 9.08. The molecular formula is C14H15BrClN3. The predicted octanol–water partition coefficient (Wildman–Crippen LogP) is 4.63. The van der Waals surface area contributed by atoms with Crippen molar-refractivity contribution in [1.82, 2.24) is 9.97 Å². The second kappa shape index (κ2) is 6.35. The average molecular weight is 341 g/mol. The summed E-state index contributed by atoms with van der Waals surface area (Å²) in [4.78, 5) is 8.75. The minimum atomic E-state index is 0.156. The molecule has 3 nitrogen and oxygen atoms in total. The molecule has 2 aromatic rings. The lowest BCUT2D eigenvalue weighted by atomic mass is 10.1. The first-order valence-electron chi connectivity index (χ1n) is 6.14. The van der Waals surface area contributed by atoms with Gasteiger partial charge in [0.15, 0.2) is 0 Å². The second-order valence-electron chi connectivity index (χ2n) is 4.26. The Kier molecular flexibility index (Phi) is 4.77. The summed E-state index contributed by atoms with van der Waals surface area (Å²) in [6, 6.07) is 9.84. The van der Waals surface area contributed by atoms with Crippen molar-refractivity contribution in [3.8, 4) is 0 Å². The van der Waals surface area contributed by atoms with Gasteiger partial charge in [-0.25, -0.2) is 9.97 Å². The zero-order valence-corrected chi connectivity index (χ0v) is 13.2. The summed E-state index contributed by atoms with van der Waals surface area (Å²) in [5.74, 6) is 1.64. The van der Waals surface area contributed by atoms with E-state index in [1.54, 1.807) is 0 Å². The van der Waals surface area contributed by atoms with E-state index in [0.717, 1.165) is 33.3 Å². The number of aryl methyl sites for hydroxylation is 1. The summed E-state index contributed by atoms with van der Waals surface area (Å²) < 4.78 is 0.796. The van der Waals surface area contributed by atoms with Gasteiger partial charge in [0.1, 0.15) is 16.2 Å². The lowest BCUT2D eigenvalue weighted by molar-refractivity contribution is 0.853. The van der Waals surface area contributed by atoms with Gasteiger partial charge in [-0.15, -0.1) is 0 Å². The van der Waals surface area contributed by atoms with Crippen LogP contribution in [0.2, 0.25) is 5.02 Å². The van der Waals surface area contributed by atoms with E-state index in [9.17, 15) is 0 Å². The van der Waals surface area contributed by atoms with Crippen molar-refractivity contribution < 1.29 is 0 Å². The Balaban J connectivity index is 2.16. The van der Waals surface area contributed by atoms with Crippen LogP contribution in [0.1, 0.15) is 31.3 Å². The van der Waals surface area contributed by atoms with Crippen molar-refractivity contribution in [2.75, 3.05) is 5.32 Å². The fourth-order valence-corrected chi connectivity index (χ4v) is 2.30. The molecule has 1 heterocycles. The number of anilines is 1. The molecule has 0 amide bonds. The van der Waals surface area contributed by atoms with E-state index < -0.39 is 0 Å². The van der Waals surface area contributed by atoms with E-state index in [-0.39, 0.29) is 6.04 Å². The van der Waals surface area contributed by atoms with Crippen LogP contribution in [0.25, 0.3) is 0 Å². The van der Waals surface area contributed by atoms with Crippen LogP contribution in [-0.2, 0) is 6.42 Å². The number of nitrogens with one attached hydrogen (secondary N) is 1. The lowest BCUT2D eigenvalue weighted by Crippen LogP contribution is -2.09. The molecule has 0 bridgehead atoms. The van der Waals surface area contributed by atoms with E-state index in [4.69, 9.17) is 11.6 Å². The normalized spacial score (nSPS) is 12.2. The molecule has 0 aliphatic heterocycles. The summed E-state index contributed by atoms with van der Waals surface area (Å²) in [6.45, 7) is 4.12. The number of aromatic nitrogens is 2. The third-order valence-electron chi connectivity index (χ3n) is 2.79. The number of hydrogen-bond acceptors (Lipinski definition) is 3. The van der Waals surface area contributed by atoms with Crippen LogP contribution in [0.5, 0.6) is 0 Å². The van der Waals surface area contributed by atoms with Crippen molar-refractivity contribution >= 4 is 33.3 Å². The predicted molar refractivity (Wildman–Crippen MR) is 82.6 cm³/mol. The molecule has 1 N–H and O–H groups in total. The van der Waals surface area contributed by atoms with Crippen molar-refractivity contribution in [3.63, 3.8) is 0 Å². The van der Waals surface area contributed by atoms with Crippen LogP contribution in [0.15, 0.2) is 34.9 Å². The Bertz CT molecular complexity index is 557. The van der Waals surface area contributed by atoms with Crippen molar-refractivity contribution in [2.24, 2.45) is 0 Å². The van der Waals surface area contributed by atoms with Crippen LogP contribution in [0, 0.1) is 0 Å². The summed E-state index contributed by atoms with van der Waals surface area (Å²) in [5, 5.41) is 4.11. The number of nitrogens with zero attached hydrogens (tertiary/aromatic N) is 2. The Hall–Kier alpha value is -1.13. The zero-order valence-electron chi connectivity index (χ0n) is 10.8. The van der Waals surface area contributed by atoms with Crippen molar-refractivity contribution in [3.05, 3.63) is 51.3 Å². The van der Waals surface area contributed by atoms with Gasteiger partial charge in [0.2, 0.25) is 0 Å². The first kappa shape index (κ1) is 14.3. The number of benzene rings is 1. The zero-order chi connectivity index (χ0) is 13.8. The molecule has 0 saturated carbocycles. The Labute approximate surface area is 126 Å². The van der Waals surface area contributed by atoms with Gasteiger partial charge < -0.3 is 5.32 Å². The molecule has 5 heteroatoms. The van der Waals surface area contributed by atoms with Crippen molar-refractivity contribution in [1.29, 1.82) is 0 Å². The molecule has 0 saturated heterocycles. The van der Waals surface area contributed by atoms with Gasteiger partial charge >= 0.3 is 0 Å². The van der Waals surface area contributed by atoms with E-state index in [0.29, 0.717) is 0 Å². The molecule has 1 unspecified atom stereocenters. The van der Waals surface area contributed by atoms with Gasteiger partial charge in [0.25, 0.3) is 0 Å². The number of rotatable bonds is 4. The van der Waals surface area contributed by atoms with E-state index >= 15 is 0 Å². The SMILES string of the molecule is CCc1nc(Br)cc(NC(C)c2ccc(Cl)cc2)n1. The molecule has 0 aliphatic carbocycles.